The number of benzene rings is 2. The Labute approximate surface area is 140 Å². The lowest BCUT2D eigenvalue weighted by molar-refractivity contribution is 0.728. The molecule has 0 aliphatic rings. The van der Waals surface area contributed by atoms with Crippen LogP contribution in [0.1, 0.15) is 11.1 Å². The quantitative estimate of drug-likeness (QED) is 0.535. The number of nitrogens with zero attached hydrogens (tertiary/aromatic N) is 4. The zero-order valence-electron chi connectivity index (χ0n) is 13.0. The average molecular weight is 325 g/mol. The van der Waals surface area contributed by atoms with Crippen LogP contribution in [-0.2, 0) is 6.54 Å². The average Bonchev–Trinajstić information content (AvgIpc) is 3.05. The lowest BCUT2D eigenvalue weighted by Gasteiger charge is -2.06. The summed E-state index contributed by atoms with van der Waals surface area (Å²) >= 11 is 1.65. The monoisotopic (exact) mass is 325 g/mol. The molecule has 1 N–H and O–H groups in total. The molecular formula is C17H19N5S. The number of aryl methyl sites for hydroxylation is 1. The third-order valence-electron chi connectivity index (χ3n) is 3.40. The zero-order chi connectivity index (χ0) is 15.9. The van der Waals surface area contributed by atoms with Crippen LogP contribution >= 0.6 is 11.8 Å². The van der Waals surface area contributed by atoms with Gasteiger partial charge in [0, 0.05) is 18.8 Å². The van der Waals surface area contributed by atoms with Gasteiger partial charge in [-0.2, -0.15) is 4.68 Å². The van der Waals surface area contributed by atoms with E-state index in [9.17, 15) is 0 Å². The first-order valence-electron chi connectivity index (χ1n) is 7.56. The molecule has 0 atom stereocenters. The maximum atomic E-state index is 4.10. The van der Waals surface area contributed by atoms with Crippen molar-refractivity contribution in [1.29, 1.82) is 0 Å². The van der Waals surface area contributed by atoms with E-state index < -0.39 is 0 Å². The molecule has 5 nitrogen and oxygen atoms in total. The molecule has 0 radical (unpaired) electrons. The zero-order valence-corrected chi connectivity index (χ0v) is 13.8. The van der Waals surface area contributed by atoms with Crippen LogP contribution in [0.15, 0.2) is 59.8 Å². The Morgan fingerprint density at radius 3 is 2.61 bits per heavy atom. The Morgan fingerprint density at radius 1 is 1.04 bits per heavy atom. The second-order valence-corrected chi connectivity index (χ2v) is 6.28. The number of para-hydroxylation sites is 1. The van der Waals surface area contributed by atoms with E-state index in [0.29, 0.717) is 0 Å². The minimum atomic E-state index is 0.813. The molecule has 0 saturated carbocycles. The van der Waals surface area contributed by atoms with Gasteiger partial charge in [-0.05, 0) is 35.0 Å². The van der Waals surface area contributed by atoms with Crippen LogP contribution in [0, 0.1) is 6.92 Å². The predicted molar refractivity (Wildman–Crippen MR) is 92.8 cm³/mol. The summed E-state index contributed by atoms with van der Waals surface area (Å²) in [6.45, 7) is 3.88. The second-order valence-electron chi connectivity index (χ2n) is 5.22. The van der Waals surface area contributed by atoms with Gasteiger partial charge in [0.2, 0.25) is 5.16 Å². The number of nitrogens with one attached hydrogen (secondary N) is 1. The molecule has 0 aliphatic carbocycles. The molecule has 3 aromatic rings. The van der Waals surface area contributed by atoms with Crippen molar-refractivity contribution in [2.24, 2.45) is 0 Å². The molecule has 1 aromatic heterocycles. The van der Waals surface area contributed by atoms with E-state index in [-0.39, 0.29) is 0 Å². The maximum Gasteiger partial charge on any atom is 0.214 e. The van der Waals surface area contributed by atoms with E-state index in [0.717, 1.165) is 29.7 Å². The van der Waals surface area contributed by atoms with Crippen molar-refractivity contribution in [2.45, 2.75) is 18.6 Å². The Kier molecular flexibility index (Phi) is 5.39. The number of hydrogen-bond acceptors (Lipinski definition) is 5. The molecular weight excluding hydrogens is 306 g/mol. The minimum Gasteiger partial charge on any atom is -0.312 e. The third kappa shape index (κ3) is 4.40. The molecule has 0 aliphatic heterocycles. The van der Waals surface area contributed by atoms with Gasteiger partial charge in [-0.3, -0.25) is 0 Å². The van der Waals surface area contributed by atoms with Crippen LogP contribution in [0.25, 0.3) is 5.69 Å². The van der Waals surface area contributed by atoms with Gasteiger partial charge in [-0.25, -0.2) is 0 Å². The van der Waals surface area contributed by atoms with E-state index in [4.69, 9.17) is 0 Å². The minimum absolute atomic E-state index is 0.813. The lowest BCUT2D eigenvalue weighted by Crippen LogP contribution is -2.16. The molecule has 0 unspecified atom stereocenters. The number of thioether (sulfide) groups is 1. The third-order valence-corrected chi connectivity index (χ3v) is 4.32. The number of tetrazole rings is 1. The van der Waals surface area contributed by atoms with E-state index in [2.05, 4.69) is 52.0 Å². The number of hydrogen-bond donors (Lipinski definition) is 1. The van der Waals surface area contributed by atoms with Gasteiger partial charge in [-0.15, -0.1) is 5.10 Å². The van der Waals surface area contributed by atoms with E-state index in [1.807, 2.05) is 30.3 Å². The fourth-order valence-corrected chi connectivity index (χ4v) is 2.94. The molecule has 1 heterocycles. The van der Waals surface area contributed by atoms with Gasteiger partial charge in [0.1, 0.15) is 0 Å². The molecule has 3 rings (SSSR count). The summed E-state index contributed by atoms with van der Waals surface area (Å²) in [6, 6.07) is 18.5. The Bertz CT molecular complexity index is 724. The summed E-state index contributed by atoms with van der Waals surface area (Å²) in [5.41, 5.74) is 3.57. The molecule has 118 valence electrons. The van der Waals surface area contributed by atoms with Crippen LogP contribution < -0.4 is 5.32 Å². The fraction of sp³-hybridized carbons (Fsp3) is 0.235. The highest BCUT2D eigenvalue weighted by atomic mass is 32.2. The highest BCUT2D eigenvalue weighted by molar-refractivity contribution is 7.99. The summed E-state index contributed by atoms with van der Waals surface area (Å²) in [6.07, 6.45) is 0. The molecule has 0 spiro atoms. The summed E-state index contributed by atoms with van der Waals surface area (Å²) in [7, 11) is 0. The summed E-state index contributed by atoms with van der Waals surface area (Å²) < 4.78 is 1.77. The van der Waals surface area contributed by atoms with Crippen molar-refractivity contribution in [3.05, 3.63) is 65.7 Å². The van der Waals surface area contributed by atoms with E-state index in [1.165, 1.54) is 11.1 Å². The van der Waals surface area contributed by atoms with Crippen LogP contribution in [0.4, 0.5) is 0 Å². The second kappa shape index (κ2) is 7.89. The van der Waals surface area contributed by atoms with Gasteiger partial charge in [0.25, 0.3) is 0 Å². The van der Waals surface area contributed by atoms with Crippen molar-refractivity contribution in [2.75, 3.05) is 12.3 Å². The van der Waals surface area contributed by atoms with Crippen molar-refractivity contribution in [3.63, 3.8) is 0 Å². The number of aromatic nitrogens is 4. The SMILES string of the molecule is Cc1ccc(CNCCSc2nnnn2-c2ccccc2)cc1. The number of rotatable bonds is 7. The summed E-state index contributed by atoms with van der Waals surface area (Å²) in [5, 5.41) is 16.2. The van der Waals surface area contributed by atoms with Gasteiger partial charge in [-0.1, -0.05) is 59.8 Å². The van der Waals surface area contributed by atoms with Crippen molar-refractivity contribution in [1.82, 2.24) is 25.5 Å². The maximum absolute atomic E-state index is 4.10. The molecule has 6 heteroatoms. The molecule has 0 bridgehead atoms. The van der Waals surface area contributed by atoms with Crippen molar-refractivity contribution in [3.8, 4) is 5.69 Å². The summed E-state index contributed by atoms with van der Waals surface area (Å²) in [4.78, 5) is 0. The van der Waals surface area contributed by atoms with Crippen LogP contribution in [0.2, 0.25) is 0 Å². The van der Waals surface area contributed by atoms with Crippen LogP contribution in [0.5, 0.6) is 0 Å². The van der Waals surface area contributed by atoms with Gasteiger partial charge in [0.15, 0.2) is 0 Å². The molecule has 2 aromatic carbocycles. The first-order chi connectivity index (χ1) is 11.3. The highest BCUT2D eigenvalue weighted by Crippen LogP contribution is 2.17. The van der Waals surface area contributed by atoms with Gasteiger partial charge < -0.3 is 5.32 Å². The Hall–Kier alpha value is -2.18. The molecule has 0 amide bonds. The van der Waals surface area contributed by atoms with Gasteiger partial charge >= 0.3 is 0 Å². The first kappa shape index (κ1) is 15.7. The summed E-state index contributed by atoms with van der Waals surface area (Å²) in [5.74, 6) is 0.916. The van der Waals surface area contributed by atoms with E-state index >= 15 is 0 Å². The van der Waals surface area contributed by atoms with Crippen LogP contribution in [0.3, 0.4) is 0 Å². The van der Waals surface area contributed by atoms with Gasteiger partial charge in [0.05, 0.1) is 5.69 Å². The normalized spacial score (nSPS) is 10.8. The fourth-order valence-electron chi connectivity index (χ4n) is 2.15. The Balaban J connectivity index is 1.46. The largest absolute Gasteiger partial charge is 0.312 e. The Morgan fingerprint density at radius 2 is 1.83 bits per heavy atom. The topological polar surface area (TPSA) is 55.6 Å². The molecule has 0 fully saturated rings. The van der Waals surface area contributed by atoms with E-state index in [1.54, 1.807) is 16.4 Å². The standard InChI is InChI=1S/C17H19N5S/c1-14-7-9-15(10-8-14)13-18-11-12-23-17-19-20-21-22(17)16-5-3-2-4-6-16/h2-10,18H,11-13H2,1H3. The van der Waals surface area contributed by atoms with Crippen LogP contribution in [-0.4, -0.2) is 32.5 Å². The van der Waals surface area contributed by atoms with Crippen molar-refractivity contribution >= 4 is 11.8 Å². The predicted octanol–water partition coefficient (Wildman–Crippen LogP) is 2.85. The van der Waals surface area contributed by atoms with Crippen molar-refractivity contribution < 1.29 is 0 Å². The molecule has 0 saturated heterocycles. The lowest BCUT2D eigenvalue weighted by atomic mass is 10.1. The first-order valence-corrected chi connectivity index (χ1v) is 8.54. The highest BCUT2D eigenvalue weighted by Gasteiger charge is 2.07. The molecule has 23 heavy (non-hydrogen) atoms. The smallest absolute Gasteiger partial charge is 0.214 e.